The molecular weight excluding hydrogens is 292 g/mol. The second-order valence-electron chi connectivity index (χ2n) is 4.57. The minimum absolute atomic E-state index is 0.601. The third-order valence-electron chi connectivity index (χ3n) is 3.28. The van der Waals surface area contributed by atoms with Crippen molar-refractivity contribution >= 4 is 15.9 Å². The van der Waals surface area contributed by atoms with E-state index in [2.05, 4.69) is 32.8 Å². The minimum Gasteiger partial charge on any atom is -0.396 e. The molecule has 0 aromatic heterocycles. The average Bonchev–Trinajstić information content (AvgIpc) is 2.37. The molecule has 0 saturated carbocycles. The van der Waals surface area contributed by atoms with Gasteiger partial charge in [0.25, 0.3) is 0 Å². The van der Waals surface area contributed by atoms with Gasteiger partial charge in [0.2, 0.25) is 0 Å². The van der Waals surface area contributed by atoms with Crippen LogP contribution >= 0.6 is 15.9 Å². The van der Waals surface area contributed by atoms with Gasteiger partial charge >= 0.3 is 0 Å². The molecule has 0 bridgehead atoms. The maximum atomic E-state index is 6.17. The molecule has 0 aromatic carbocycles. The summed E-state index contributed by atoms with van der Waals surface area (Å²) in [5.74, 6) is 0. The maximum Gasteiger partial charge on any atom is 0.0797 e. The molecule has 1 fully saturated rings. The lowest BCUT2D eigenvalue weighted by Gasteiger charge is -2.36. The second-order valence-corrected chi connectivity index (χ2v) is 5.42. The number of hydrogen-bond donors (Lipinski definition) is 2. The summed E-state index contributed by atoms with van der Waals surface area (Å²) in [5, 5.41) is 0. The largest absolute Gasteiger partial charge is 0.396 e. The summed E-state index contributed by atoms with van der Waals surface area (Å²) in [7, 11) is 2.14. The molecule has 0 radical (unpaired) electrons. The molecule has 1 aliphatic heterocycles. The molecule has 2 aliphatic rings. The Balaban J connectivity index is 2.26. The van der Waals surface area contributed by atoms with Crippen molar-refractivity contribution in [3.63, 3.8) is 0 Å². The highest BCUT2D eigenvalue weighted by Gasteiger charge is 2.19. The minimum atomic E-state index is 0.601. The molecule has 0 spiro atoms. The first-order valence-corrected chi connectivity index (χ1v) is 6.82. The molecule has 2 rings (SSSR count). The monoisotopic (exact) mass is 310 g/mol. The molecule has 4 nitrogen and oxygen atoms in total. The van der Waals surface area contributed by atoms with Crippen LogP contribution in [-0.4, -0.2) is 43.0 Å². The van der Waals surface area contributed by atoms with E-state index in [4.69, 9.17) is 11.5 Å². The zero-order chi connectivity index (χ0) is 13.1. The van der Waals surface area contributed by atoms with E-state index in [1.54, 1.807) is 0 Å². The molecule has 18 heavy (non-hydrogen) atoms. The maximum absolute atomic E-state index is 6.17. The van der Waals surface area contributed by atoms with Crippen LogP contribution in [0.25, 0.3) is 0 Å². The fourth-order valence-corrected chi connectivity index (χ4v) is 2.42. The Hall–Kier alpha value is -1.20. The summed E-state index contributed by atoms with van der Waals surface area (Å²) in [6, 6.07) is 0. The zero-order valence-corrected chi connectivity index (χ0v) is 12.2. The van der Waals surface area contributed by atoms with Gasteiger partial charge in [-0.25, -0.2) is 0 Å². The lowest BCUT2D eigenvalue weighted by Crippen LogP contribution is -2.44. The van der Waals surface area contributed by atoms with Crippen molar-refractivity contribution in [1.82, 2.24) is 9.80 Å². The Morgan fingerprint density at radius 3 is 2.28 bits per heavy atom. The first kappa shape index (κ1) is 13.2. The summed E-state index contributed by atoms with van der Waals surface area (Å²) < 4.78 is 0.830. The number of likely N-dealkylation sites (N-methyl/N-ethyl adjacent to an activating group) is 1. The predicted octanol–water partition coefficient (Wildman–Crippen LogP) is 1.10. The smallest absolute Gasteiger partial charge is 0.0797 e. The molecule has 4 N–H and O–H groups in total. The molecule has 5 heteroatoms. The van der Waals surface area contributed by atoms with E-state index in [1.165, 1.54) is 0 Å². The topological polar surface area (TPSA) is 58.5 Å². The first-order chi connectivity index (χ1) is 8.59. The SMILES string of the molecule is CN1CCN(C2=C\C=C\C=C(Br)/C(N)=C\2N)CC1. The number of nitrogens with zero attached hydrogens (tertiary/aromatic N) is 2. The fraction of sp³-hybridized carbons (Fsp3) is 0.385. The van der Waals surface area contributed by atoms with Crippen LogP contribution in [0.5, 0.6) is 0 Å². The van der Waals surface area contributed by atoms with Gasteiger partial charge in [-0.1, -0.05) is 12.2 Å². The van der Waals surface area contributed by atoms with Crippen LogP contribution < -0.4 is 11.5 Å². The molecule has 0 unspecified atom stereocenters. The van der Waals surface area contributed by atoms with E-state index in [-0.39, 0.29) is 0 Å². The summed E-state index contributed by atoms with van der Waals surface area (Å²) in [5.41, 5.74) is 14.5. The quantitative estimate of drug-likeness (QED) is 0.761. The highest BCUT2D eigenvalue weighted by atomic mass is 79.9. The molecule has 98 valence electrons. The van der Waals surface area contributed by atoms with E-state index in [0.717, 1.165) is 36.4 Å². The highest BCUT2D eigenvalue weighted by Crippen LogP contribution is 2.23. The van der Waals surface area contributed by atoms with Crippen molar-refractivity contribution in [2.24, 2.45) is 11.5 Å². The zero-order valence-electron chi connectivity index (χ0n) is 10.6. The van der Waals surface area contributed by atoms with E-state index in [0.29, 0.717) is 11.4 Å². The number of rotatable bonds is 1. The second kappa shape index (κ2) is 5.63. The van der Waals surface area contributed by atoms with Crippen LogP contribution in [-0.2, 0) is 0 Å². The lowest BCUT2D eigenvalue weighted by atomic mass is 10.1. The summed E-state index contributed by atoms with van der Waals surface area (Å²) in [4.78, 5) is 4.60. The third-order valence-corrected chi connectivity index (χ3v) is 3.97. The fourth-order valence-electron chi connectivity index (χ4n) is 2.06. The number of nitrogens with two attached hydrogens (primary N) is 2. The van der Waals surface area contributed by atoms with Gasteiger partial charge in [-0.15, -0.1) is 0 Å². The van der Waals surface area contributed by atoms with Crippen molar-refractivity contribution in [3.8, 4) is 0 Å². The summed E-state index contributed by atoms with van der Waals surface area (Å²) in [6.07, 6.45) is 7.89. The number of allylic oxidation sites excluding steroid dienone is 5. The predicted molar refractivity (Wildman–Crippen MR) is 78.7 cm³/mol. The van der Waals surface area contributed by atoms with Crippen molar-refractivity contribution in [3.05, 3.63) is 45.9 Å². The summed E-state index contributed by atoms with van der Waals surface area (Å²) in [6.45, 7) is 4.05. The number of piperazine rings is 1. The van der Waals surface area contributed by atoms with Gasteiger partial charge < -0.3 is 21.3 Å². The number of halogens is 1. The standard InChI is InChI=1S/C13H19BrN4/c1-17-6-8-18(9-7-17)11-5-3-2-4-10(14)12(15)13(11)16/h2-5H,6-9,15-16H2,1H3/b3-2+,4-2?,5-3?,10-4+,11-5-,12-10?,13-11?,13-12-. The van der Waals surface area contributed by atoms with E-state index < -0.39 is 0 Å². The molecular formula is C13H19BrN4. The third kappa shape index (κ3) is 2.79. The van der Waals surface area contributed by atoms with Gasteiger partial charge in [0.15, 0.2) is 0 Å². The Morgan fingerprint density at radius 1 is 1.00 bits per heavy atom. The Bertz CT molecular complexity index is 440. The van der Waals surface area contributed by atoms with Gasteiger partial charge in [0, 0.05) is 30.7 Å². The van der Waals surface area contributed by atoms with Gasteiger partial charge in [0.05, 0.1) is 17.1 Å². The van der Waals surface area contributed by atoms with Crippen molar-refractivity contribution in [2.75, 3.05) is 33.2 Å². The average molecular weight is 311 g/mol. The molecule has 0 atom stereocenters. The molecule has 0 amide bonds. The van der Waals surface area contributed by atoms with Gasteiger partial charge in [0.1, 0.15) is 0 Å². The highest BCUT2D eigenvalue weighted by molar-refractivity contribution is 9.12. The Labute approximate surface area is 116 Å². The van der Waals surface area contributed by atoms with E-state index in [1.807, 2.05) is 24.3 Å². The van der Waals surface area contributed by atoms with Crippen molar-refractivity contribution in [2.45, 2.75) is 0 Å². The van der Waals surface area contributed by atoms with Crippen LogP contribution in [0.3, 0.4) is 0 Å². The van der Waals surface area contributed by atoms with Crippen LogP contribution in [0.4, 0.5) is 0 Å². The van der Waals surface area contributed by atoms with Crippen molar-refractivity contribution < 1.29 is 0 Å². The van der Waals surface area contributed by atoms with Crippen LogP contribution in [0.2, 0.25) is 0 Å². The van der Waals surface area contributed by atoms with Gasteiger partial charge in [-0.05, 0) is 35.1 Å². The molecule has 1 heterocycles. The lowest BCUT2D eigenvalue weighted by molar-refractivity contribution is 0.188. The van der Waals surface area contributed by atoms with Crippen LogP contribution in [0.15, 0.2) is 45.9 Å². The molecule has 0 aromatic rings. The summed E-state index contributed by atoms with van der Waals surface area (Å²) >= 11 is 3.43. The number of hydrogen-bond acceptors (Lipinski definition) is 4. The van der Waals surface area contributed by atoms with E-state index in [9.17, 15) is 0 Å². The normalized spacial score (nSPS) is 34.0. The van der Waals surface area contributed by atoms with E-state index >= 15 is 0 Å². The van der Waals surface area contributed by atoms with Gasteiger partial charge in [-0.3, -0.25) is 0 Å². The van der Waals surface area contributed by atoms with Crippen LogP contribution in [0, 0.1) is 0 Å². The molecule has 1 aliphatic carbocycles. The Morgan fingerprint density at radius 2 is 1.61 bits per heavy atom. The van der Waals surface area contributed by atoms with Gasteiger partial charge in [-0.2, -0.15) is 0 Å². The molecule has 1 saturated heterocycles. The van der Waals surface area contributed by atoms with Crippen LogP contribution in [0.1, 0.15) is 0 Å². The Kier molecular flexibility index (Phi) is 4.14. The van der Waals surface area contributed by atoms with Crippen molar-refractivity contribution in [1.29, 1.82) is 0 Å². The first-order valence-electron chi connectivity index (χ1n) is 6.03.